The van der Waals surface area contributed by atoms with Gasteiger partial charge in [0.25, 0.3) is 0 Å². The summed E-state index contributed by atoms with van der Waals surface area (Å²) in [5.41, 5.74) is 0. The van der Waals surface area contributed by atoms with Crippen molar-refractivity contribution >= 4 is 6.03 Å². The first-order valence-corrected chi connectivity index (χ1v) is 4.27. The third-order valence-electron chi connectivity index (χ3n) is 1.66. The van der Waals surface area contributed by atoms with Crippen LogP contribution in [0.2, 0.25) is 0 Å². The van der Waals surface area contributed by atoms with E-state index >= 15 is 0 Å². The molecule has 3 N–H and O–H groups in total. The van der Waals surface area contributed by atoms with Gasteiger partial charge >= 0.3 is 6.03 Å². The first kappa shape index (κ1) is 11.2. The van der Waals surface area contributed by atoms with E-state index in [0.29, 0.717) is 6.54 Å². The lowest BCUT2D eigenvalue weighted by Gasteiger charge is -2.19. The molecule has 4 heteroatoms. The molecule has 4 nitrogen and oxygen atoms in total. The van der Waals surface area contributed by atoms with E-state index in [9.17, 15) is 4.79 Å². The number of nitrogens with one attached hydrogen (secondary N) is 2. The second kappa shape index (κ2) is 5.83. The number of hydrogen-bond acceptors (Lipinski definition) is 2. The Morgan fingerprint density at radius 3 is 2.42 bits per heavy atom. The standard InChI is InChI=1S/C8H18N2O2/c1-4-9-8(12)10-7(5-11)6(2)3/h6-7,11H,4-5H2,1-3H3,(H2,9,10,12). The highest BCUT2D eigenvalue weighted by Crippen LogP contribution is 1.99. The minimum Gasteiger partial charge on any atom is -0.394 e. The maximum absolute atomic E-state index is 11.0. The summed E-state index contributed by atoms with van der Waals surface area (Å²) in [6.45, 7) is 6.33. The SMILES string of the molecule is CCNC(=O)NC(CO)C(C)C. The highest BCUT2D eigenvalue weighted by molar-refractivity contribution is 5.74. The lowest BCUT2D eigenvalue weighted by atomic mass is 10.1. The average Bonchev–Trinajstić information content (AvgIpc) is 2.00. The number of hydrogen-bond donors (Lipinski definition) is 3. The molecule has 0 aromatic heterocycles. The van der Waals surface area contributed by atoms with Crippen LogP contribution in [0.5, 0.6) is 0 Å². The number of carbonyl (C=O) groups excluding carboxylic acids is 1. The molecule has 0 saturated carbocycles. The van der Waals surface area contributed by atoms with Gasteiger partial charge in [0.15, 0.2) is 0 Å². The van der Waals surface area contributed by atoms with Crippen LogP contribution in [0.25, 0.3) is 0 Å². The van der Waals surface area contributed by atoms with Crippen molar-refractivity contribution in [2.75, 3.05) is 13.2 Å². The highest BCUT2D eigenvalue weighted by Gasteiger charge is 2.13. The second-order valence-corrected chi connectivity index (χ2v) is 3.04. The Morgan fingerprint density at radius 2 is 2.08 bits per heavy atom. The molecule has 0 aromatic carbocycles. The van der Waals surface area contributed by atoms with Crippen molar-refractivity contribution in [2.24, 2.45) is 5.92 Å². The van der Waals surface area contributed by atoms with Gasteiger partial charge in [-0.3, -0.25) is 0 Å². The van der Waals surface area contributed by atoms with Crippen LogP contribution >= 0.6 is 0 Å². The number of rotatable bonds is 4. The van der Waals surface area contributed by atoms with Gasteiger partial charge in [-0.15, -0.1) is 0 Å². The quantitative estimate of drug-likeness (QED) is 0.575. The van der Waals surface area contributed by atoms with Crippen molar-refractivity contribution in [2.45, 2.75) is 26.8 Å². The van der Waals surface area contributed by atoms with E-state index in [1.165, 1.54) is 0 Å². The van der Waals surface area contributed by atoms with E-state index in [0.717, 1.165) is 0 Å². The molecule has 0 saturated heterocycles. The molecule has 12 heavy (non-hydrogen) atoms. The summed E-state index contributed by atoms with van der Waals surface area (Å²) in [5, 5.41) is 14.1. The molecule has 0 bridgehead atoms. The summed E-state index contributed by atoms with van der Waals surface area (Å²) in [5.74, 6) is 0.248. The van der Waals surface area contributed by atoms with Gasteiger partial charge in [0.1, 0.15) is 0 Å². The Morgan fingerprint density at radius 1 is 1.50 bits per heavy atom. The van der Waals surface area contributed by atoms with Crippen molar-refractivity contribution in [1.82, 2.24) is 10.6 Å². The van der Waals surface area contributed by atoms with Gasteiger partial charge in [-0.25, -0.2) is 4.79 Å². The Bertz CT molecular complexity index is 137. The molecule has 72 valence electrons. The topological polar surface area (TPSA) is 61.4 Å². The number of urea groups is 1. The molecular formula is C8H18N2O2. The number of amides is 2. The van der Waals surface area contributed by atoms with Crippen LogP contribution in [-0.2, 0) is 0 Å². The van der Waals surface area contributed by atoms with E-state index in [4.69, 9.17) is 5.11 Å². The first-order chi connectivity index (χ1) is 5.61. The van der Waals surface area contributed by atoms with Gasteiger partial charge in [-0.1, -0.05) is 13.8 Å². The summed E-state index contributed by atoms with van der Waals surface area (Å²) < 4.78 is 0. The fourth-order valence-corrected chi connectivity index (χ4v) is 0.803. The van der Waals surface area contributed by atoms with Crippen LogP contribution in [0.4, 0.5) is 4.79 Å². The molecule has 0 aliphatic carbocycles. The second-order valence-electron chi connectivity index (χ2n) is 3.04. The molecule has 1 unspecified atom stereocenters. The highest BCUT2D eigenvalue weighted by atomic mass is 16.3. The van der Waals surface area contributed by atoms with Crippen LogP contribution in [0.3, 0.4) is 0 Å². The summed E-state index contributed by atoms with van der Waals surface area (Å²) in [6, 6.07) is -0.373. The van der Waals surface area contributed by atoms with Crippen molar-refractivity contribution in [1.29, 1.82) is 0 Å². The van der Waals surface area contributed by atoms with E-state index in [1.807, 2.05) is 20.8 Å². The Kier molecular flexibility index (Phi) is 5.45. The van der Waals surface area contributed by atoms with Crippen LogP contribution in [0, 0.1) is 5.92 Å². The molecule has 0 spiro atoms. The van der Waals surface area contributed by atoms with Crippen LogP contribution in [0.15, 0.2) is 0 Å². The van der Waals surface area contributed by atoms with E-state index < -0.39 is 0 Å². The molecular weight excluding hydrogens is 156 g/mol. The van der Waals surface area contributed by atoms with Gasteiger partial charge in [-0.2, -0.15) is 0 Å². The third-order valence-corrected chi connectivity index (χ3v) is 1.66. The van der Waals surface area contributed by atoms with Crippen molar-refractivity contribution in [3.63, 3.8) is 0 Å². The maximum Gasteiger partial charge on any atom is 0.315 e. The average molecular weight is 174 g/mol. The van der Waals surface area contributed by atoms with Gasteiger partial charge in [-0.05, 0) is 12.8 Å². The molecule has 0 fully saturated rings. The summed E-state index contributed by atoms with van der Waals surface area (Å²) in [7, 11) is 0. The maximum atomic E-state index is 11.0. The van der Waals surface area contributed by atoms with Gasteiger partial charge in [0.05, 0.1) is 12.6 Å². The van der Waals surface area contributed by atoms with Crippen LogP contribution < -0.4 is 10.6 Å². The third kappa shape index (κ3) is 4.18. The molecule has 0 rings (SSSR count). The molecule has 0 radical (unpaired) electrons. The molecule has 0 aliphatic heterocycles. The lowest BCUT2D eigenvalue weighted by Crippen LogP contribution is -2.46. The molecule has 0 aliphatic rings. The fraction of sp³-hybridized carbons (Fsp3) is 0.875. The predicted octanol–water partition coefficient (Wildman–Crippen LogP) is 0.322. The van der Waals surface area contributed by atoms with E-state index in [2.05, 4.69) is 10.6 Å². The van der Waals surface area contributed by atoms with Crippen molar-refractivity contribution in [3.8, 4) is 0 Å². The summed E-state index contributed by atoms with van der Waals surface area (Å²) in [6.07, 6.45) is 0. The van der Waals surface area contributed by atoms with Crippen molar-refractivity contribution < 1.29 is 9.90 Å². The largest absolute Gasteiger partial charge is 0.394 e. The number of aliphatic hydroxyl groups is 1. The van der Waals surface area contributed by atoms with Gasteiger partial charge in [0, 0.05) is 6.54 Å². The smallest absolute Gasteiger partial charge is 0.315 e. The Labute approximate surface area is 73.3 Å². The van der Waals surface area contributed by atoms with Crippen LogP contribution in [-0.4, -0.2) is 30.3 Å². The summed E-state index contributed by atoms with van der Waals surface area (Å²) in [4.78, 5) is 11.0. The molecule has 0 heterocycles. The minimum atomic E-state index is -0.217. The fourth-order valence-electron chi connectivity index (χ4n) is 0.803. The summed E-state index contributed by atoms with van der Waals surface area (Å²) >= 11 is 0. The van der Waals surface area contributed by atoms with Gasteiger partial charge < -0.3 is 15.7 Å². The lowest BCUT2D eigenvalue weighted by molar-refractivity contribution is 0.198. The normalized spacial score (nSPS) is 12.8. The zero-order chi connectivity index (χ0) is 9.56. The zero-order valence-electron chi connectivity index (χ0n) is 7.92. The van der Waals surface area contributed by atoms with E-state index in [-0.39, 0.29) is 24.6 Å². The Hall–Kier alpha value is -0.770. The van der Waals surface area contributed by atoms with Gasteiger partial charge in [0.2, 0.25) is 0 Å². The molecule has 2 amide bonds. The Balaban J connectivity index is 3.77. The van der Waals surface area contributed by atoms with Crippen LogP contribution in [0.1, 0.15) is 20.8 Å². The number of carbonyl (C=O) groups is 1. The predicted molar refractivity (Wildman–Crippen MR) is 47.9 cm³/mol. The first-order valence-electron chi connectivity index (χ1n) is 4.27. The molecule has 0 aromatic rings. The monoisotopic (exact) mass is 174 g/mol. The van der Waals surface area contributed by atoms with Crippen molar-refractivity contribution in [3.05, 3.63) is 0 Å². The molecule has 1 atom stereocenters. The zero-order valence-corrected chi connectivity index (χ0v) is 7.92. The number of aliphatic hydroxyl groups excluding tert-OH is 1. The minimum absolute atomic E-state index is 0.0190. The van der Waals surface area contributed by atoms with E-state index in [1.54, 1.807) is 0 Å².